The lowest BCUT2D eigenvalue weighted by Crippen LogP contribution is -2.21. The lowest BCUT2D eigenvalue weighted by Gasteiger charge is -2.17. The van der Waals surface area contributed by atoms with E-state index in [9.17, 15) is 18.3 Å². The number of nitrogens with zero attached hydrogens (tertiary/aromatic N) is 2. The standard InChI is InChI=1S/C21H15F3N2O2/c1-26-6-2-3-17(26)15-4-5-18(16-10-21(23,24)20(27)19(15)16)28-14-8-12(11-25)7-13(22)9-14/h2-9,20,27H,10H2,1H3. The summed E-state index contributed by atoms with van der Waals surface area (Å²) < 4.78 is 49.8. The van der Waals surface area contributed by atoms with Gasteiger partial charge in [0.1, 0.15) is 23.4 Å². The number of ether oxygens (including phenoxy) is 1. The highest BCUT2D eigenvalue weighted by Gasteiger charge is 2.49. The number of hydrogen-bond donors (Lipinski definition) is 1. The van der Waals surface area contributed by atoms with E-state index in [0.29, 0.717) is 11.3 Å². The summed E-state index contributed by atoms with van der Waals surface area (Å²) in [6.45, 7) is 0. The summed E-state index contributed by atoms with van der Waals surface area (Å²) >= 11 is 0. The Kier molecular flexibility index (Phi) is 4.16. The molecule has 0 bridgehead atoms. The van der Waals surface area contributed by atoms with Crippen molar-refractivity contribution in [1.82, 2.24) is 4.57 Å². The quantitative estimate of drug-likeness (QED) is 0.711. The van der Waals surface area contributed by atoms with Crippen LogP contribution in [0.5, 0.6) is 11.5 Å². The zero-order chi connectivity index (χ0) is 20.1. The third kappa shape index (κ3) is 2.92. The molecule has 0 saturated heterocycles. The van der Waals surface area contributed by atoms with Crippen LogP contribution < -0.4 is 4.74 Å². The van der Waals surface area contributed by atoms with Crippen molar-refractivity contribution in [2.45, 2.75) is 18.4 Å². The first-order valence-corrected chi connectivity index (χ1v) is 8.52. The molecular formula is C21H15F3N2O2. The Balaban J connectivity index is 1.85. The molecule has 0 spiro atoms. The Morgan fingerprint density at radius 2 is 2.04 bits per heavy atom. The van der Waals surface area contributed by atoms with Crippen LogP contribution in [0.4, 0.5) is 13.2 Å². The Labute approximate surface area is 159 Å². The van der Waals surface area contributed by atoms with Crippen molar-refractivity contribution in [2.24, 2.45) is 7.05 Å². The van der Waals surface area contributed by atoms with Crippen LogP contribution in [0.2, 0.25) is 0 Å². The lowest BCUT2D eigenvalue weighted by molar-refractivity contribution is -0.0967. The molecule has 28 heavy (non-hydrogen) atoms. The molecule has 4 rings (SSSR count). The van der Waals surface area contributed by atoms with E-state index in [1.165, 1.54) is 12.1 Å². The molecule has 2 aromatic carbocycles. The number of aryl methyl sites for hydroxylation is 1. The van der Waals surface area contributed by atoms with Gasteiger partial charge in [0.05, 0.1) is 11.6 Å². The first-order chi connectivity index (χ1) is 13.3. The number of hydrogen-bond acceptors (Lipinski definition) is 3. The number of aliphatic hydroxyl groups excluding tert-OH is 1. The number of alkyl halides is 2. The van der Waals surface area contributed by atoms with Gasteiger partial charge in [-0.1, -0.05) is 0 Å². The minimum Gasteiger partial charge on any atom is -0.457 e. The van der Waals surface area contributed by atoms with Crippen LogP contribution in [0.1, 0.15) is 22.8 Å². The average molecular weight is 384 g/mol. The van der Waals surface area contributed by atoms with E-state index in [4.69, 9.17) is 10.00 Å². The average Bonchev–Trinajstić information content (AvgIpc) is 3.16. The zero-order valence-electron chi connectivity index (χ0n) is 14.8. The van der Waals surface area contributed by atoms with Gasteiger partial charge >= 0.3 is 0 Å². The molecule has 1 heterocycles. The van der Waals surface area contributed by atoms with Crippen molar-refractivity contribution in [3.05, 3.63) is 71.2 Å². The minimum atomic E-state index is -3.35. The van der Waals surface area contributed by atoms with Gasteiger partial charge in [-0.15, -0.1) is 0 Å². The first kappa shape index (κ1) is 18.1. The lowest BCUT2D eigenvalue weighted by atomic mass is 9.98. The van der Waals surface area contributed by atoms with Gasteiger partial charge in [-0.2, -0.15) is 5.26 Å². The Hall–Kier alpha value is -3.24. The van der Waals surface area contributed by atoms with Crippen LogP contribution in [-0.4, -0.2) is 15.6 Å². The Morgan fingerprint density at radius 1 is 1.25 bits per heavy atom. The molecule has 1 aliphatic rings. The van der Waals surface area contributed by atoms with Gasteiger partial charge in [0.2, 0.25) is 0 Å². The first-order valence-electron chi connectivity index (χ1n) is 8.52. The molecule has 0 radical (unpaired) electrons. The third-order valence-electron chi connectivity index (χ3n) is 4.85. The van der Waals surface area contributed by atoms with Gasteiger partial charge in [-0.05, 0) is 36.4 Å². The molecule has 0 fully saturated rings. The number of aromatic nitrogens is 1. The summed E-state index contributed by atoms with van der Waals surface area (Å²) in [5.41, 5.74) is 1.48. The van der Waals surface area contributed by atoms with Gasteiger partial charge in [0.25, 0.3) is 5.92 Å². The fourth-order valence-electron chi connectivity index (χ4n) is 3.56. The van der Waals surface area contributed by atoms with Gasteiger partial charge in [-0.3, -0.25) is 0 Å². The Bertz CT molecular complexity index is 1120. The van der Waals surface area contributed by atoms with Crippen LogP contribution >= 0.6 is 0 Å². The second-order valence-electron chi connectivity index (χ2n) is 6.74. The van der Waals surface area contributed by atoms with Gasteiger partial charge < -0.3 is 14.4 Å². The maximum atomic E-state index is 14.3. The molecule has 3 aromatic rings. The number of aliphatic hydroxyl groups is 1. The third-order valence-corrected chi connectivity index (χ3v) is 4.85. The molecule has 1 atom stereocenters. The van der Waals surface area contributed by atoms with E-state index >= 15 is 0 Å². The molecule has 1 aromatic heterocycles. The second kappa shape index (κ2) is 6.43. The highest BCUT2D eigenvalue weighted by molar-refractivity contribution is 5.71. The summed E-state index contributed by atoms with van der Waals surface area (Å²) in [4.78, 5) is 0. The highest BCUT2D eigenvalue weighted by atomic mass is 19.3. The minimum absolute atomic E-state index is 0.0232. The van der Waals surface area contributed by atoms with Crippen LogP contribution in [0.3, 0.4) is 0 Å². The summed E-state index contributed by atoms with van der Waals surface area (Å²) in [6, 6.07) is 11.9. The molecule has 1 unspecified atom stereocenters. The van der Waals surface area contributed by atoms with E-state index in [0.717, 1.165) is 12.1 Å². The van der Waals surface area contributed by atoms with Crippen LogP contribution in [-0.2, 0) is 13.5 Å². The van der Waals surface area contributed by atoms with E-state index in [-0.39, 0.29) is 28.2 Å². The van der Waals surface area contributed by atoms with Gasteiger partial charge in [-0.25, -0.2) is 13.2 Å². The fraction of sp³-hybridized carbons (Fsp3) is 0.190. The molecule has 142 valence electrons. The van der Waals surface area contributed by atoms with Crippen LogP contribution in [0, 0.1) is 17.1 Å². The fourth-order valence-corrected chi connectivity index (χ4v) is 3.56. The second-order valence-corrected chi connectivity index (χ2v) is 6.74. The predicted molar refractivity (Wildman–Crippen MR) is 95.6 cm³/mol. The molecule has 7 heteroatoms. The largest absolute Gasteiger partial charge is 0.457 e. The maximum Gasteiger partial charge on any atom is 0.281 e. The number of rotatable bonds is 3. The zero-order valence-corrected chi connectivity index (χ0v) is 14.8. The SMILES string of the molecule is Cn1cccc1-c1ccc(Oc2cc(F)cc(C#N)c2)c2c1C(O)C(F)(F)C2. The molecule has 0 amide bonds. The molecule has 1 N–H and O–H groups in total. The van der Waals surface area contributed by atoms with Crippen molar-refractivity contribution in [3.8, 4) is 28.8 Å². The highest BCUT2D eigenvalue weighted by Crippen LogP contribution is 2.50. The number of fused-ring (bicyclic) bond motifs is 1. The predicted octanol–water partition coefficient (Wildman–Crippen LogP) is 4.72. The summed E-state index contributed by atoms with van der Waals surface area (Å²) in [5.74, 6) is -3.90. The van der Waals surface area contributed by atoms with Crippen molar-refractivity contribution in [3.63, 3.8) is 0 Å². The summed E-state index contributed by atoms with van der Waals surface area (Å²) in [7, 11) is 1.78. The van der Waals surface area contributed by atoms with Crippen LogP contribution in [0.15, 0.2) is 48.7 Å². The smallest absolute Gasteiger partial charge is 0.281 e. The van der Waals surface area contributed by atoms with Crippen molar-refractivity contribution in [1.29, 1.82) is 5.26 Å². The Morgan fingerprint density at radius 3 is 2.71 bits per heavy atom. The van der Waals surface area contributed by atoms with Crippen molar-refractivity contribution in [2.75, 3.05) is 0 Å². The topological polar surface area (TPSA) is 58.2 Å². The van der Waals surface area contributed by atoms with E-state index < -0.39 is 24.3 Å². The van der Waals surface area contributed by atoms with E-state index in [1.54, 1.807) is 36.0 Å². The maximum absolute atomic E-state index is 14.3. The monoisotopic (exact) mass is 384 g/mol. The number of benzene rings is 2. The van der Waals surface area contributed by atoms with E-state index in [1.807, 2.05) is 6.07 Å². The van der Waals surface area contributed by atoms with Crippen molar-refractivity contribution >= 4 is 0 Å². The summed E-state index contributed by atoms with van der Waals surface area (Å²) in [6.07, 6.45) is -0.891. The molecule has 0 saturated carbocycles. The van der Waals surface area contributed by atoms with Gasteiger partial charge in [0.15, 0.2) is 0 Å². The van der Waals surface area contributed by atoms with Crippen LogP contribution in [0.25, 0.3) is 11.3 Å². The number of halogens is 3. The van der Waals surface area contributed by atoms with Crippen molar-refractivity contribution < 1.29 is 23.0 Å². The molecule has 4 nitrogen and oxygen atoms in total. The number of nitriles is 1. The molecular weight excluding hydrogens is 369 g/mol. The van der Waals surface area contributed by atoms with E-state index in [2.05, 4.69) is 0 Å². The normalized spacial score (nSPS) is 17.2. The summed E-state index contributed by atoms with van der Waals surface area (Å²) in [5, 5.41) is 19.3. The molecule has 1 aliphatic carbocycles. The molecule has 0 aliphatic heterocycles. The van der Waals surface area contributed by atoms with Gasteiger partial charge in [0, 0.05) is 48.1 Å².